The maximum atomic E-state index is 12.2. The van der Waals surface area contributed by atoms with E-state index < -0.39 is 0 Å². The summed E-state index contributed by atoms with van der Waals surface area (Å²) in [5.74, 6) is 0.225. The number of rotatable bonds is 4. The first-order valence-corrected chi connectivity index (χ1v) is 10.1. The number of benzene rings is 1. The van der Waals surface area contributed by atoms with E-state index >= 15 is 0 Å². The minimum Gasteiger partial charge on any atom is -0.400 e. The van der Waals surface area contributed by atoms with Crippen LogP contribution in [0, 0.1) is 0 Å². The van der Waals surface area contributed by atoms with Crippen LogP contribution < -0.4 is 5.32 Å². The second kappa shape index (κ2) is 6.87. The van der Waals surface area contributed by atoms with E-state index in [0.29, 0.717) is 13.0 Å². The Hall–Kier alpha value is -1.89. The molecular weight excluding hydrogens is 351 g/mol. The Balaban J connectivity index is 1.71. The molecule has 2 aromatic rings. The van der Waals surface area contributed by atoms with Gasteiger partial charge >= 0.3 is 7.12 Å². The topological polar surface area (TPSA) is 63.4 Å². The smallest absolute Gasteiger partial charge is 0.400 e. The first kappa shape index (κ1) is 19.4. The molecule has 4 rings (SSSR count). The predicted octanol–water partition coefficient (Wildman–Crippen LogP) is 3.92. The van der Waals surface area contributed by atoms with Gasteiger partial charge in [-0.05, 0) is 76.3 Å². The summed E-state index contributed by atoms with van der Waals surface area (Å²) in [5.41, 5.74) is 4.40. The summed E-state index contributed by atoms with van der Waals surface area (Å²) in [6, 6.07) is 6.31. The Kier molecular flexibility index (Phi) is 4.77. The number of fused-ring (bicyclic) bond motifs is 3. The molecule has 1 aromatic heterocycles. The lowest BCUT2D eigenvalue weighted by molar-refractivity contribution is 0.00578. The van der Waals surface area contributed by atoms with Crippen LogP contribution in [0.5, 0.6) is 0 Å². The van der Waals surface area contributed by atoms with Crippen LogP contribution >= 0.6 is 0 Å². The molecular formula is C22H29BN2O3. The van der Waals surface area contributed by atoms with Crippen LogP contribution in [0.3, 0.4) is 0 Å². The number of hydrogen-bond acceptors (Lipinski definition) is 4. The molecule has 0 atom stereocenters. The standard InChI is InChI=1S/C22H29BN2O3/c1-21(2)22(3,4)28-23(27-21)15(13-24-5)11-14-9-10-18-17(12-14)16-7-6-8-19(26)20(16)25-18/h9-12,24-25H,6-8,13H2,1-5H3. The van der Waals surface area contributed by atoms with E-state index in [1.807, 2.05) is 7.05 Å². The van der Waals surface area contributed by atoms with Crippen LogP contribution in [0.15, 0.2) is 23.7 Å². The van der Waals surface area contributed by atoms with Crippen LogP contribution in [-0.4, -0.2) is 42.7 Å². The largest absolute Gasteiger partial charge is 0.491 e. The number of aryl methyl sites for hydroxylation is 1. The van der Waals surface area contributed by atoms with Crippen molar-refractivity contribution in [2.45, 2.75) is 58.2 Å². The third kappa shape index (κ3) is 3.23. The molecule has 148 valence electrons. The zero-order valence-corrected chi connectivity index (χ0v) is 17.4. The van der Waals surface area contributed by atoms with Gasteiger partial charge in [0, 0.05) is 23.9 Å². The van der Waals surface area contributed by atoms with Crippen molar-refractivity contribution >= 4 is 29.9 Å². The molecule has 2 N–H and O–H groups in total. The van der Waals surface area contributed by atoms with E-state index in [0.717, 1.165) is 46.0 Å². The summed E-state index contributed by atoms with van der Waals surface area (Å²) in [7, 11) is 1.55. The van der Waals surface area contributed by atoms with Crippen molar-refractivity contribution in [1.82, 2.24) is 10.3 Å². The highest BCUT2D eigenvalue weighted by Crippen LogP contribution is 2.39. The number of aromatic amines is 1. The molecule has 0 amide bonds. The predicted molar refractivity (Wildman–Crippen MR) is 114 cm³/mol. The molecule has 0 saturated carbocycles. The third-order valence-electron chi connectivity index (χ3n) is 6.33. The lowest BCUT2D eigenvalue weighted by Crippen LogP contribution is -2.41. The summed E-state index contributed by atoms with van der Waals surface area (Å²) >= 11 is 0. The number of nitrogens with one attached hydrogen (secondary N) is 2. The molecule has 1 aliphatic carbocycles. The van der Waals surface area contributed by atoms with Crippen LogP contribution in [0.1, 0.15) is 62.2 Å². The van der Waals surface area contributed by atoms with Crippen molar-refractivity contribution in [3.63, 3.8) is 0 Å². The summed E-state index contributed by atoms with van der Waals surface area (Å²) in [4.78, 5) is 15.5. The molecule has 1 aliphatic heterocycles. The Morgan fingerprint density at radius 3 is 2.61 bits per heavy atom. The maximum absolute atomic E-state index is 12.2. The molecule has 2 heterocycles. The Morgan fingerprint density at radius 2 is 1.93 bits per heavy atom. The third-order valence-corrected chi connectivity index (χ3v) is 6.33. The summed E-state index contributed by atoms with van der Waals surface area (Å²) in [6.07, 6.45) is 4.66. The Labute approximate surface area is 167 Å². The molecule has 5 nitrogen and oxygen atoms in total. The lowest BCUT2D eigenvalue weighted by Gasteiger charge is -2.32. The number of carbonyl (C=O) groups is 1. The minimum absolute atomic E-state index is 0.225. The fourth-order valence-corrected chi connectivity index (χ4v) is 4.02. The second-order valence-electron chi connectivity index (χ2n) is 8.90. The van der Waals surface area contributed by atoms with Crippen molar-refractivity contribution in [2.75, 3.05) is 13.6 Å². The van der Waals surface area contributed by atoms with Crippen molar-refractivity contribution in [3.05, 3.63) is 40.5 Å². The van der Waals surface area contributed by atoms with E-state index in [2.05, 4.69) is 62.3 Å². The van der Waals surface area contributed by atoms with Gasteiger partial charge in [0.05, 0.1) is 16.9 Å². The molecule has 1 fully saturated rings. The number of likely N-dealkylation sites (N-methyl/N-ethyl adjacent to an activating group) is 1. The molecule has 0 bridgehead atoms. The van der Waals surface area contributed by atoms with Crippen LogP contribution in [0.25, 0.3) is 17.0 Å². The maximum Gasteiger partial charge on any atom is 0.491 e. The molecule has 2 aliphatic rings. The van der Waals surface area contributed by atoms with Gasteiger partial charge in [-0.1, -0.05) is 12.1 Å². The summed E-state index contributed by atoms with van der Waals surface area (Å²) in [5, 5.41) is 4.38. The van der Waals surface area contributed by atoms with Gasteiger partial charge in [0.25, 0.3) is 0 Å². The van der Waals surface area contributed by atoms with Crippen molar-refractivity contribution in [1.29, 1.82) is 0 Å². The summed E-state index contributed by atoms with van der Waals surface area (Å²) < 4.78 is 12.5. The molecule has 0 radical (unpaired) electrons. The zero-order chi connectivity index (χ0) is 20.1. The van der Waals surface area contributed by atoms with Gasteiger partial charge in [-0.3, -0.25) is 4.79 Å². The van der Waals surface area contributed by atoms with Gasteiger partial charge in [0.15, 0.2) is 5.78 Å². The highest BCUT2D eigenvalue weighted by molar-refractivity contribution is 6.56. The van der Waals surface area contributed by atoms with Crippen molar-refractivity contribution < 1.29 is 14.1 Å². The van der Waals surface area contributed by atoms with Gasteiger partial charge in [-0.15, -0.1) is 0 Å². The van der Waals surface area contributed by atoms with Gasteiger partial charge < -0.3 is 19.6 Å². The minimum atomic E-state index is -0.380. The highest BCUT2D eigenvalue weighted by Gasteiger charge is 2.52. The summed E-state index contributed by atoms with van der Waals surface area (Å²) in [6.45, 7) is 8.95. The first-order chi connectivity index (χ1) is 13.2. The fraction of sp³-hybridized carbons (Fsp3) is 0.500. The van der Waals surface area contributed by atoms with E-state index in [9.17, 15) is 4.79 Å². The van der Waals surface area contributed by atoms with Crippen LogP contribution in [0.4, 0.5) is 0 Å². The average Bonchev–Trinajstić information content (AvgIpc) is 3.09. The number of Topliss-reactive ketones (excluding diaryl/α,β-unsaturated/α-hetero) is 1. The van der Waals surface area contributed by atoms with Gasteiger partial charge in [-0.25, -0.2) is 0 Å². The quantitative estimate of drug-likeness (QED) is 0.790. The monoisotopic (exact) mass is 380 g/mol. The first-order valence-electron chi connectivity index (χ1n) is 10.1. The number of aromatic nitrogens is 1. The molecule has 1 aromatic carbocycles. The normalized spacial score (nSPS) is 21.4. The fourth-order valence-electron chi connectivity index (χ4n) is 4.02. The van der Waals surface area contributed by atoms with Crippen LogP contribution in [0.2, 0.25) is 0 Å². The highest BCUT2D eigenvalue weighted by atomic mass is 16.7. The zero-order valence-electron chi connectivity index (χ0n) is 17.4. The SMILES string of the molecule is CNCC(=Cc1ccc2[nH]c3c(c2c1)CCCC3=O)B1OC(C)(C)C(C)(C)O1. The Bertz CT molecular complexity index is 942. The van der Waals surface area contributed by atoms with Gasteiger partial charge in [0.2, 0.25) is 0 Å². The molecule has 1 saturated heterocycles. The number of carbonyl (C=O) groups excluding carboxylic acids is 1. The van der Waals surface area contributed by atoms with Crippen LogP contribution in [-0.2, 0) is 15.7 Å². The number of H-pyrrole nitrogens is 1. The van der Waals surface area contributed by atoms with Gasteiger partial charge in [-0.2, -0.15) is 0 Å². The average molecular weight is 380 g/mol. The van der Waals surface area contributed by atoms with Crippen molar-refractivity contribution in [2.24, 2.45) is 0 Å². The Morgan fingerprint density at radius 1 is 1.21 bits per heavy atom. The van der Waals surface area contributed by atoms with E-state index in [1.54, 1.807) is 0 Å². The second-order valence-corrected chi connectivity index (χ2v) is 8.90. The molecule has 28 heavy (non-hydrogen) atoms. The van der Waals surface area contributed by atoms with Gasteiger partial charge in [0.1, 0.15) is 0 Å². The number of hydrogen-bond donors (Lipinski definition) is 2. The lowest BCUT2D eigenvalue weighted by atomic mass is 9.77. The molecule has 6 heteroatoms. The molecule has 0 unspecified atom stereocenters. The van der Waals surface area contributed by atoms with E-state index in [4.69, 9.17) is 9.31 Å². The van der Waals surface area contributed by atoms with Crippen molar-refractivity contribution in [3.8, 4) is 0 Å². The number of ketones is 1. The molecule has 0 spiro atoms. The van der Waals surface area contributed by atoms with E-state index in [-0.39, 0.29) is 24.1 Å². The van der Waals surface area contributed by atoms with E-state index in [1.165, 1.54) is 0 Å².